The molecule has 180 valence electrons. The van der Waals surface area contributed by atoms with Crippen molar-refractivity contribution in [2.45, 2.75) is 45.2 Å². The molecule has 8 heteroatoms. The van der Waals surface area contributed by atoms with E-state index in [9.17, 15) is 14.4 Å². The number of carbonyl (C=O) groups is 3. The van der Waals surface area contributed by atoms with E-state index >= 15 is 0 Å². The van der Waals surface area contributed by atoms with E-state index in [0.717, 1.165) is 45.3 Å². The van der Waals surface area contributed by atoms with Crippen LogP contribution in [0.5, 0.6) is 0 Å². The molecule has 2 aliphatic rings. The molecule has 0 unspecified atom stereocenters. The number of rotatable bonds is 6. The van der Waals surface area contributed by atoms with Crippen molar-refractivity contribution in [1.29, 1.82) is 0 Å². The zero-order valence-corrected chi connectivity index (χ0v) is 19.7. The first-order chi connectivity index (χ1) is 16.5. The third kappa shape index (κ3) is 6.41. The van der Waals surface area contributed by atoms with Crippen molar-refractivity contribution in [3.63, 3.8) is 0 Å². The fourth-order valence-electron chi connectivity index (χ4n) is 4.76. The smallest absolute Gasteiger partial charge is 0.251 e. The lowest BCUT2D eigenvalue weighted by Gasteiger charge is -2.37. The van der Waals surface area contributed by atoms with Crippen LogP contribution in [-0.2, 0) is 16.1 Å². The third-order valence-corrected chi connectivity index (χ3v) is 6.70. The molecule has 2 saturated heterocycles. The molecule has 0 radical (unpaired) electrons. The minimum absolute atomic E-state index is 0.0637. The van der Waals surface area contributed by atoms with Crippen LogP contribution in [0, 0.1) is 5.92 Å². The van der Waals surface area contributed by atoms with E-state index in [2.05, 4.69) is 20.5 Å². The molecule has 4 rings (SSSR count). The fourth-order valence-corrected chi connectivity index (χ4v) is 4.76. The van der Waals surface area contributed by atoms with Gasteiger partial charge in [0.05, 0.1) is 0 Å². The molecule has 2 fully saturated rings. The number of nitrogens with zero attached hydrogens (tertiary/aromatic N) is 3. The normalized spacial score (nSPS) is 17.9. The summed E-state index contributed by atoms with van der Waals surface area (Å²) in [6.07, 6.45) is 6.97. The van der Waals surface area contributed by atoms with Gasteiger partial charge in [-0.05, 0) is 80.7 Å². The highest BCUT2D eigenvalue weighted by Gasteiger charge is 2.31. The van der Waals surface area contributed by atoms with Crippen molar-refractivity contribution in [3.8, 4) is 0 Å². The average molecular weight is 464 g/mol. The monoisotopic (exact) mass is 463 g/mol. The van der Waals surface area contributed by atoms with Gasteiger partial charge in [-0.1, -0.05) is 0 Å². The number of amides is 3. The fraction of sp³-hybridized carbons (Fsp3) is 0.462. The molecule has 0 bridgehead atoms. The van der Waals surface area contributed by atoms with E-state index in [1.54, 1.807) is 24.3 Å². The Balaban J connectivity index is 1.19. The summed E-state index contributed by atoms with van der Waals surface area (Å²) in [5, 5.41) is 5.78. The summed E-state index contributed by atoms with van der Waals surface area (Å²) < 4.78 is 0. The quantitative estimate of drug-likeness (QED) is 0.687. The molecule has 3 amide bonds. The van der Waals surface area contributed by atoms with Crippen molar-refractivity contribution in [2.24, 2.45) is 5.92 Å². The van der Waals surface area contributed by atoms with E-state index in [-0.39, 0.29) is 29.7 Å². The highest BCUT2D eigenvalue weighted by atomic mass is 16.2. The van der Waals surface area contributed by atoms with Crippen LogP contribution in [0.15, 0.2) is 48.8 Å². The number of likely N-dealkylation sites (tertiary alicyclic amines) is 2. The highest BCUT2D eigenvalue weighted by molar-refractivity contribution is 5.95. The molecule has 2 aliphatic heterocycles. The van der Waals surface area contributed by atoms with Crippen LogP contribution in [0.1, 0.15) is 48.5 Å². The number of hydrogen-bond acceptors (Lipinski definition) is 5. The van der Waals surface area contributed by atoms with E-state index < -0.39 is 0 Å². The Labute approximate surface area is 200 Å². The molecule has 0 saturated carbocycles. The summed E-state index contributed by atoms with van der Waals surface area (Å²) in [5.74, 6) is 0.0959. The van der Waals surface area contributed by atoms with Gasteiger partial charge in [0.2, 0.25) is 11.8 Å². The molecular weight excluding hydrogens is 430 g/mol. The molecule has 34 heavy (non-hydrogen) atoms. The first-order valence-corrected chi connectivity index (χ1v) is 12.1. The van der Waals surface area contributed by atoms with Crippen molar-refractivity contribution >= 4 is 23.4 Å². The maximum atomic E-state index is 13.1. The average Bonchev–Trinajstić information content (AvgIpc) is 2.85. The summed E-state index contributed by atoms with van der Waals surface area (Å²) in [6, 6.07) is 11.0. The van der Waals surface area contributed by atoms with Crippen LogP contribution in [0.2, 0.25) is 0 Å². The van der Waals surface area contributed by atoms with E-state index in [4.69, 9.17) is 0 Å². The molecule has 0 spiro atoms. The highest BCUT2D eigenvalue weighted by Crippen LogP contribution is 2.23. The van der Waals surface area contributed by atoms with Crippen LogP contribution in [0.4, 0.5) is 5.69 Å². The summed E-state index contributed by atoms with van der Waals surface area (Å²) in [7, 11) is 0. The number of pyridine rings is 1. The van der Waals surface area contributed by atoms with E-state index in [1.807, 2.05) is 29.4 Å². The minimum atomic E-state index is -0.144. The molecule has 1 aromatic carbocycles. The molecule has 0 aliphatic carbocycles. The van der Waals surface area contributed by atoms with Gasteiger partial charge in [0, 0.05) is 62.2 Å². The van der Waals surface area contributed by atoms with Crippen LogP contribution < -0.4 is 10.6 Å². The second kappa shape index (κ2) is 11.2. The van der Waals surface area contributed by atoms with E-state index in [1.165, 1.54) is 12.5 Å². The van der Waals surface area contributed by atoms with Crippen molar-refractivity contribution < 1.29 is 14.4 Å². The Morgan fingerprint density at radius 3 is 2.18 bits per heavy atom. The third-order valence-electron chi connectivity index (χ3n) is 6.70. The predicted octanol–water partition coefficient (Wildman–Crippen LogP) is 2.67. The lowest BCUT2D eigenvalue weighted by Crippen LogP contribution is -2.49. The van der Waals surface area contributed by atoms with Crippen LogP contribution in [0.25, 0.3) is 0 Å². The zero-order valence-electron chi connectivity index (χ0n) is 19.7. The maximum absolute atomic E-state index is 13.1. The van der Waals surface area contributed by atoms with Gasteiger partial charge in [0.15, 0.2) is 0 Å². The Kier molecular flexibility index (Phi) is 7.90. The Morgan fingerprint density at radius 2 is 1.56 bits per heavy atom. The SMILES string of the molecule is CC(=O)Nc1ccc(C(=O)NC2CCN(C(=O)C3CCN(Cc4ccncc4)CC3)CC2)cc1. The first-order valence-electron chi connectivity index (χ1n) is 12.1. The molecule has 8 nitrogen and oxygen atoms in total. The van der Waals surface area contributed by atoms with Crippen LogP contribution in [-0.4, -0.2) is 64.7 Å². The Morgan fingerprint density at radius 1 is 0.912 bits per heavy atom. The van der Waals surface area contributed by atoms with Crippen molar-refractivity contribution in [3.05, 3.63) is 59.9 Å². The number of carbonyl (C=O) groups excluding carboxylic acids is 3. The first kappa shape index (κ1) is 23.9. The van der Waals surface area contributed by atoms with E-state index in [0.29, 0.717) is 24.3 Å². The second-order valence-electron chi connectivity index (χ2n) is 9.24. The van der Waals surface area contributed by atoms with Gasteiger partial charge < -0.3 is 15.5 Å². The lowest BCUT2D eigenvalue weighted by atomic mass is 9.93. The predicted molar refractivity (Wildman–Crippen MR) is 130 cm³/mol. The molecule has 1 aromatic heterocycles. The number of piperidine rings is 2. The number of aromatic nitrogens is 1. The standard InChI is InChI=1S/C26H33N5O3/c1-19(32)28-23-4-2-21(3-5-23)25(33)29-24-10-16-31(17-11-24)26(34)22-8-14-30(15-9-22)18-20-6-12-27-13-7-20/h2-7,12-13,22,24H,8-11,14-18H2,1H3,(H,28,32)(H,29,33). The molecule has 0 atom stereocenters. The molecule has 3 heterocycles. The van der Waals surface area contributed by atoms with Gasteiger partial charge >= 0.3 is 0 Å². The number of anilines is 1. The van der Waals surface area contributed by atoms with Gasteiger partial charge in [-0.15, -0.1) is 0 Å². The van der Waals surface area contributed by atoms with Gasteiger partial charge in [-0.2, -0.15) is 0 Å². The summed E-state index contributed by atoms with van der Waals surface area (Å²) in [5.41, 5.74) is 2.48. The topological polar surface area (TPSA) is 94.6 Å². The molecule has 2 N–H and O–H groups in total. The van der Waals surface area contributed by atoms with Crippen molar-refractivity contribution in [1.82, 2.24) is 20.1 Å². The van der Waals surface area contributed by atoms with Gasteiger partial charge in [0.25, 0.3) is 5.91 Å². The Bertz CT molecular complexity index is 979. The van der Waals surface area contributed by atoms with Gasteiger partial charge in [0.1, 0.15) is 0 Å². The molecule has 2 aromatic rings. The van der Waals surface area contributed by atoms with Gasteiger partial charge in [-0.3, -0.25) is 24.3 Å². The Hall–Kier alpha value is -3.26. The summed E-state index contributed by atoms with van der Waals surface area (Å²) >= 11 is 0. The summed E-state index contributed by atoms with van der Waals surface area (Å²) in [4.78, 5) is 45.2. The second-order valence-corrected chi connectivity index (χ2v) is 9.24. The number of nitrogens with one attached hydrogen (secondary N) is 2. The lowest BCUT2D eigenvalue weighted by molar-refractivity contribution is -0.138. The zero-order chi connectivity index (χ0) is 23.9. The molecular formula is C26H33N5O3. The van der Waals surface area contributed by atoms with Gasteiger partial charge in [-0.25, -0.2) is 0 Å². The maximum Gasteiger partial charge on any atom is 0.251 e. The van der Waals surface area contributed by atoms with Crippen LogP contribution >= 0.6 is 0 Å². The largest absolute Gasteiger partial charge is 0.349 e. The number of hydrogen-bond donors (Lipinski definition) is 2. The minimum Gasteiger partial charge on any atom is -0.349 e. The van der Waals surface area contributed by atoms with Crippen LogP contribution in [0.3, 0.4) is 0 Å². The van der Waals surface area contributed by atoms with Crippen molar-refractivity contribution in [2.75, 3.05) is 31.5 Å². The number of benzene rings is 1. The summed E-state index contributed by atoms with van der Waals surface area (Å²) in [6.45, 7) is 5.60.